The van der Waals surface area contributed by atoms with Gasteiger partial charge in [-0.2, -0.15) is 0 Å². The lowest BCUT2D eigenvalue weighted by molar-refractivity contribution is -0.141. The molecule has 25 heavy (non-hydrogen) atoms. The Bertz CT molecular complexity index is 694. The molecule has 1 fully saturated rings. The molecule has 1 aliphatic heterocycles. The van der Waals surface area contributed by atoms with Gasteiger partial charge in [0.25, 0.3) is 5.91 Å². The third-order valence-corrected chi connectivity index (χ3v) is 4.56. The lowest BCUT2D eigenvalue weighted by atomic mass is 10.0. The molecule has 1 saturated heterocycles. The molecule has 2 aromatic rings. The van der Waals surface area contributed by atoms with Gasteiger partial charge in [0, 0.05) is 6.54 Å². The second-order valence-corrected chi connectivity index (χ2v) is 6.40. The maximum Gasteiger partial charge on any atom is 0.260 e. The summed E-state index contributed by atoms with van der Waals surface area (Å²) in [5.41, 5.74) is 3.59. The Labute approximate surface area is 149 Å². The molecule has 1 aliphatic rings. The SMILES string of the molecule is CCc1ccc(C2CN(C(=O)COc3ccc(C)cc3)CCO2)cc1. The first-order valence-corrected chi connectivity index (χ1v) is 8.83. The molecule has 1 heterocycles. The van der Waals surface area contributed by atoms with E-state index in [2.05, 4.69) is 31.2 Å². The lowest BCUT2D eigenvalue weighted by Crippen LogP contribution is -2.44. The maximum absolute atomic E-state index is 12.5. The maximum atomic E-state index is 12.5. The third-order valence-electron chi connectivity index (χ3n) is 4.56. The number of morpholine rings is 1. The summed E-state index contributed by atoms with van der Waals surface area (Å²) in [4.78, 5) is 14.3. The molecule has 1 atom stereocenters. The summed E-state index contributed by atoms with van der Waals surface area (Å²) in [5, 5.41) is 0. The molecule has 132 valence electrons. The molecule has 0 saturated carbocycles. The van der Waals surface area contributed by atoms with Crippen molar-refractivity contribution in [3.8, 4) is 5.75 Å². The summed E-state index contributed by atoms with van der Waals surface area (Å²) in [7, 11) is 0. The molecule has 3 rings (SSSR count). The van der Waals surface area contributed by atoms with Crippen LogP contribution in [0.1, 0.15) is 29.7 Å². The van der Waals surface area contributed by atoms with Crippen LogP contribution in [-0.2, 0) is 16.0 Å². The molecular weight excluding hydrogens is 314 g/mol. The highest BCUT2D eigenvalue weighted by Crippen LogP contribution is 2.23. The van der Waals surface area contributed by atoms with E-state index in [4.69, 9.17) is 9.47 Å². The average Bonchev–Trinajstić information content (AvgIpc) is 2.67. The second kappa shape index (κ2) is 8.17. The molecule has 1 amide bonds. The largest absolute Gasteiger partial charge is 0.484 e. The van der Waals surface area contributed by atoms with Crippen molar-refractivity contribution in [2.45, 2.75) is 26.4 Å². The molecule has 1 unspecified atom stereocenters. The van der Waals surface area contributed by atoms with Crippen LogP contribution in [0.25, 0.3) is 0 Å². The molecule has 0 aliphatic carbocycles. The first-order chi connectivity index (χ1) is 12.2. The summed E-state index contributed by atoms with van der Waals surface area (Å²) in [6.07, 6.45) is 0.954. The zero-order valence-corrected chi connectivity index (χ0v) is 14.9. The summed E-state index contributed by atoms with van der Waals surface area (Å²) >= 11 is 0. The van der Waals surface area contributed by atoms with Crippen molar-refractivity contribution in [2.75, 3.05) is 26.3 Å². The first-order valence-electron chi connectivity index (χ1n) is 8.83. The fourth-order valence-electron chi connectivity index (χ4n) is 2.92. The fourth-order valence-corrected chi connectivity index (χ4v) is 2.92. The number of carbonyl (C=O) groups excluding carboxylic acids is 1. The predicted molar refractivity (Wildman–Crippen MR) is 97.8 cm³/mol. The first kappa shape index (κ1) is 17.5. The van der Waals surface area contributed by atoms with Crippen LogP contribution >= 0.6 is 0 Å². The number of ether oxygens (including phenoxy) is 2. The van der Waals surface area contributed by atoms with Crippen LogP contribution in [0.5, 0.6) is 5.75 Å². The fraction of sp³-hybridized carbons (Fsp3) is 0.381. The number of aryl methyl sites for hydroxylation is 2. The Morgan fingerprint density at radius 1 is 1.16 bits per heavy atom. The summed E-state index contributed by atoms with van der Waals surface area (Å²) in [5.74, 6) is 0.720. The smallest absolute Gasteiger partial charge is 0.260 e. The molecule has 0 aromatic heterocycles. The standard InChI is InChI=1S/C21H25NO3/c1-3-17-6-8-18(9-7-17)20-14-22(12-13-24-20)21(23)15-25-19-10-4-16(2)5-11-19/h4-11,20H,3,12-15H2,1-2H3. The van der Waals surface area contributed by atoms with Gasteiger partial charge in [0.15, 0.2) is 6.61 Å². The van der Waals surface area contributed by atoms with E-state index in [0.29, 0.717) is 19.7 Å². The minimum Gasteiger partial charge on any atom is -0.484 e. The van der Waals surface area contributed by atoms with Crippen molar-refractivity contribution in [1.82, 2.24) is 4.90 Å². The Hall–Kier alpha value is -2.33. The van der Waals surface area contributed by atoms with Gasteiger partial charge in [-0.15, -0.1) is 0 Å². The predicted octanol–water partition coefficient (Wildman–Crippen LogP) is 3.54. The van der Waals surface area contributed by atoms with Gasteiger partial charge in [-0.05, 0) is 36.6 Å². The van der Waals surface area contributed by atoms with E-state index >= 15 is 0 Å². The van der Waals surface area contributed by atoms with Gasteiger partial charge in [-0.1, -0.05) is 48.9 Å². The van der Waals surface area contributed by atoms with Gasteiger partial charge < -0.3 is 14.4 Å². The van der Waals surface area contributed by atoms with Gasteiger partial charge in [-0.3, -0.25) is 4.79 Å². The van der Waals surface area contributed by atoms with Crippen LogP contribution in [0, 0.1) is 6.92 Å². The Kier molecular flexibility index (Phi) is 5.71. The van der Waals surface area contributed by atoms with Crippen LogP contribution in [0.3, 0.4) is 0 Å². The summed E-state index contributed by atoms with van der Waals surface area (Å²) in [6.45, 7) is 5.96. The Morgan fingerprint density at radius 3 is 2.56 bits per heavy atom. The normalized spacial score (nSPS) is 17.4. The van der Waals surface area contributed by atoms with E-state index in [1.165, 1.54) is 11.1 Å². The molecule has 0 bridgehead atoms. The molecule has 2 aromatic carbocycles. The number of rotatable bonds is 5. The highest BCUT2D eigenvalue weighted by Gasteiger charge is 2.25. The van der Waals surface area contributed by atoms with Gasteiger partial charge in [-0.25, -0.2) is 0 Å². The number of amides is 1. The van der Waals surface area contributed by atoms with Crippen LogP contribution in [0.15, 0.2) is 48.5 Å². The lowest BCUT2D eigenvalue weighted by Gasteiger charge is -2.33. The minimum absolute atomic E-state index is 0.000877. The van der Waals surface area contributed by atoms with Crippen molar-refractivity contribution in [3.63, 3.8) is 0 Å². The van der Waals surface area contributed by atoms with Crippen LogP contribution in [0.4, 0.5) is 0 Å². The second-order valence-electron chi connectivity index (χ2n) is 6.40. The van der Waals surface area contributed by atoms with Gasteiger partial charge >= 0.3 is 0 Å². The molecule has 0 N–H and O–H groups in total. The quantitative estimate of drug-likeness (QED) is 0.836. The van der Waals surface area contributed by atoms with E-state index in [1.807, 2.05) is 36.1 Å². The number of nitrogens with zero attached hydrogens (tertiary/aromatic N) is 1. The zero-order chi connectivity index (χ0) is 17.6. The zero-order valence-electron chi connectivity index (χ0n) is 14.9. The average molecular weight is 339 g/mol. The van der Waals surface area contributed by atoms with Gasteiger partial charge in [0.2, 0.25) is 0 Å². The Balaban J connectivity index is 1.56. The third kappa shape index (κ3) is 4.60. The van der Waals surface area contributed by atoms with Crippen LogP contribution in [0.2, 0.25) is 0 Å². The number of benzene rings is 2. The van der Waals surface area contributed by atoms with Crippen molar-refractivity contribution in [1.29, 1.82) is 0 Å². The van der Waals surface area contributed by atoms with E-state index in [0.717, 1.165) is 17.7 Å². The summed E-state index contributed by atoms with van der Waals surface area (Å²) in [6, 6.07) is 16.2. The highest BCUT2D eigenvalue weighted by atomic mass is 16.5. The number of hydrogen-bond acceptors (Lipinski definition) is 3. The van der Waals surface area contributed by atoms with Crippen molar-refractivity contribution in [3.05, 3.63) is 65.2 Å². The van der Waals surface area contributed by atoms with Gasteiger partial charge in [0.1, 0.15) is 11.9 Å². The summed E-state index contributed by atoms with van der Waals surface area (Å²) < 4.78 is 11.5. The van der Waals surface area contributed by atoms with Crippen LogP contribution in [-0.4, -0.2) is 37.1 Å². The molecular formula is C21H25NO3. The molecule has 0 spiro atoms. The topological polar surface area (TPSA) is 38.8 Å². The van der Waals surface area contributed by atoms with E-state index in [1.54, 1.807) is 0 Å². The highest BCUT2D eigenvalue weighted by molar-refractivity contribution is 5.78. The van der Waals surface area contributed by atoms with E-state index < -0.39 is 0 Å². The van der Waals surface area contributed by atoms with E-state index in [-0.39, 0.29) is 18.6 Å². The minimum atomic E-state index is -0.0667. The van der Waals surface area contributed by atoms with E-state index in [9.17, 15) is 4.79 Å². The number of hydrogen-bond donors (Lipinski definition) is 0. The van der Waals surface area contributed by atoms with Crippen molar-refractivity contribution < 1.29 is 14.3 Å². The number of carbonyl (C=O) groups is 1. The van der Waals surface area contributed by atoms with Crippen molar-refractivity contribution in [2.24, 2.45) is 0 Å². The molecule has 4 heteroatoms. The Morgan fingerprint density at radius 2 is 1.88 bits per heavy atom. The molecule has 0 radical (unpaired) electrons. The van der Waals surface area contributed by atoms with Gasteiger partial charge in [0.05, 0.1) is 13.2 Å². The monoisotopic (exact) mass is 339 g/mol. The molecule has 4 nitrogen and oxygen atoms in total. The van der Waals surface area contributed by atoms with Crippen molar-refractivity contribution >= 4 is 5.91 Å². The van der Waals surface area contributed by atoms with Crippen LogP contribution < -0.4 is 4.74 Å².